The van der Waals surface area contributed by atoms with Crippen LogP contribution in [0.4, 0.5) is 5.13 Å². The molecule has 2 aromatic heterocycles. The fourth-order valence-electron chi connectivity index (χ4n) is 2.51. The van der Waals surface area contributed by atoms with Crippen LogP contribution in [0.1, 0.15) is 35.5 Å². The van der Waals surface area contributed by atoms with Crippen molar-refractivity contribution in [2.75, 3.05) is 18.6 Å². The molecular weight excluding hydrogens is 432 g/mol. The van der Waals surface area contributed by atoms with Gasteiger partial charge in [-0.25, -0.2) is 14.8 Å². The van der Waals surface area contributed by atoms with Gasteiger partial charge in [0.05, 0.1) is 37.1 Å². The van der Waals surface area contributed by atoms with E-state index in [0.717, 1.165) is 5.56 Å². The minimum atomic E-state index is -0.424. The number of hydrazone groups is 1. The first-order valence-corrected chi connectivity index (χ1v) is 10.8. The van der Waals surface area contributed by atoms with Crippen molar-refractivity contribution in [3.8, 4) is 11.6 Å². The normalized spacial score (nSPS) is 10.7. The highest BCUT2D eigenvalue weighted by atomic mass is 32.1. The maximum Gasteiger partial charge on any atom is 0.338 e. The average Bonchev–Trinajstić information content (AvgIpc) is 3.22. The van der Waals surface area contributed by atoms with Crippen molar-refractivity contribution in [1.29, 1.82) is 0 Å². The molecule has 0 bridgehead atoms. The highest BCUT2D eigenvalue weighted by Gasteiger charge is 2.09. The van der Waals surface area contributed by atoms with E-state index in [1.165, 1.54) is 23.6 Å². The zero-order valence-electron chi connectivity index (χ0n) is 17.6. The first kappa shape index (κ1) is 22.9. The Morgan fingerprint density at radius 3 is 2.66 bits per heavy atom. The molecule has 0 spiro atoms. The van der Waals surface area contributed by atoms with Gasteiger partial charge in [0.2, 0.25) is 11.0 Å². The van der Waals surface area contributed by atoms with E-state index in [1.807, 2.05) is 12.1 Å². The van der Waals surface area contributed by atoms with Crippen LogP contribution >= 0.6 is 11.3 Å². The van der Waals surface area contributed by atoms with Crippen LogP contribution in [0.5, 0.6) is 11.6 Å². The van der Waals surface area contributed by atoms with Gasteiger partial charge in [0.1, 0.15) is 5.75 Å². The Kier molecular flexibility index (Phi) is 8.27. The molecule has 1 aromatic carbocycles. The lowest BCUT2D eigenvalue weighted by Crippen LogP contribution is -2.07. The van der Waals surface area contributed by atoms with Gasteiger partial charge in [-0.3, -0.25) is 10.2 Å². The predicted octanol–water partition coefficient (Wildman–Crippen LogP) is 4.06. The number of pyridine rings is 1. The van der Waals surface area contributed by atoms with E-state index >= 15 is 0 Å². The summed E-state index contributed by atoms with van der Waals surface area (Å²) in [5.74, 6) is 0.123. The van der Waals surface area contributed by atoms with Crippen LogP contribution in [0.25, 0.3) is 0 Å². The van der Waals surface area contributed by atoms with Gasteiger partial charge in [0, 0.05) is 17.6 Å². The number of nitrogens with one attached hydrogen (secondary N) is 1. The van der Waals surface area contributed by atoms with Gasteiger partial charge >= 0.3 is 11.9 Å². The monoisotopic (exact) mass is 454 g/mol. The highest BCUT2D eigenvalue weighted by molar-refractivity contribution is 7.13. The number of rotatable bonds is 10. The minimum Gasteiger partial charge on any atom is -0.466 e. The van der Waals surface area contributed by atoms with Crippen LogP contribution in [0.2, 0.25) is 0 Å². The lowest BCUT2D eigenvalue weighted by atomic mass is 10.2. The molecule has 0 aliphatic heterocycles. The maximum atomic E-state index is 11.8. The van der Waals surface area contributed by atoms with E-state index < -0.39 is 5.97 Å². The molecule has 0 aliphatic rings. The van der Waals surface area contributed by atoms with E-state index in [4.69, 9.17) is 14.2 Å². The number of benzene rings is 1. The van der Waals surface area contributed by atoms with Crippen molar-refractivity contribution in [2.45, 2.75) is 20.3 Å². The Hall–Kier alpha value is -3.79. The quantitative estimate of drug-likeness (QED) is 0.277. The summed E-state index contributed by atoms with van der Waals surface area (Å²) < 4.78 is 15.6. The average molecular weight is 455 g/mol. The number of nitrogens with zero attached hydrogens (tertiary/aromatic N) is 3. The number of thiazole rings is 1. The first-order chi connectivity index (χ1) is 15.6. The van der Waals surface area contributed by atoms with E-state index in [9.17, 15) is 9.59 Å². The van der Waals surface area contributed by atoms with Gasteiger partial charge in [-0.05, 0) is 49.7 Å². The largest absolute Gasteiger partial charge is 0.466 e. The number of aromatic nitrogens is 2. The van der Waals surface area contributed by atoms with Gasteiger partial charge in [-0.1, -0.05) is 0 Å². The number of anilines is 1. The highest BCUT2D eigenvalue weighted by Crippen LogP contribution is 2.21. The van der Waals surface area contributed by atoms with Crippen LogP contribution in [-0.2, 0) is 20.7 Å². The lowest BCUT2D eigenvalue weighted by Gasteiger charge is -2.06. The summed E-state index contributed by atoms with van der Waals surface area (Å²) in [4.78, 5) is 31.7. The SMILES string of the molecule is CCOC(=O)Cc1csc(NN=Cc2ccc(Oc3cc(C(=O)OCC)ccn3)cc2)n1. The fourth-order valence-corrected chi connectivity index (χ4v) is 3.17. The van der Waals surface area contributed by atoms with E-state index in [2.05, 4.69) is 20.5 Å². The zero-order valence-corrected chi connectivity index (χ0v) is 18.4. The van der Waals surface area contributed by atoms with Crippen molar-refractivity contribution in [2.24, 2.45) is 5.10 Å². The Morgan fingerprint density at radius 2 is 1.91 bits per heavy atom. The number of esters is 2. The Balaban J connectivity index is 1.53. The topological polar surface area (TPSA) is 112 Å². The lowest BCUT2D eigenvalue weighted by molar-refractivity contribution is -0.142. The van der Waals surface area contributed by atoms with E-state index in [0.29, 0.717) is 41.2 Å². The summed E-state index contributed by atoms with van der Waals surface area (Å²) in [6.07, 6.45) is 3.26. The second-order valence-corrected chi connectivity index (χ2v) is 7.13. The van der Waals surface area contributed by atoms with Crippen molar-refractivity contribution < 1.29 is 23.8 Å². The molecular formula is C22H22N4O5S. The molecule has 0 fully saturated rings. The summed E-state index contributed by atoms with van der Waals surface area (Å²) in [5.41, 5.74) is 4.68. The summed E-state index contributed by atoms with van der Waals surface area (Å²) in [7, 11) is 0. The molecule has 2 heterocycles. The molecule has 0 radical (unpaired) electrons. The van der Waals surface area contributed by atoms with Gasteiger partial charge < -0.3 is 14.2 Å². The molecule has 0 aliphatic carbocycles. The van der Waals surface area contributed by atoms with Crippen molar-refractivity contribution in [3.05, 3.63) is 64.8 Å². The molecule has 3 aromatic rings. The molecule has 0 saturated carbocycles. The van der Waals surface area contributed by atoms with E-state index in [1.54, 1.807) is 43.6 Å². The Morgan fingerprint density at radius 1 is 1.12 bits per heavy atom. The van der Waals surface area contributed by atoms with Gasteiger partial charge in [0.15, 0.2) is 0 Å². The van der Waals surface area contributed by atoms with Crippen molar-refractivity contribution in [3.63, 3.8) is 0 Å². The molecule has 0 saturated heterocycles. The van der Waals surface area contributed by atoms with Crippen molar-refractivity contribution in [1.82, 2.24) is 9.97 Å². The van der Waals surface area contributed by atoms with Crippen LogP contribution in [0, 0.1) is 0 Å². The second kappa shape index (κ2) is 11.6. The summed E-state index contributed by atoms with van der Waals surface area (Å²) in [6.45, 7) is 4.16. The van der Waals surface area contributed by atoms with Gasteiger partial charge in [-0.2, -0.15) is 5.10 Å². The molecule has 0 unspecified atom stereocenters. The van der Waals surface area contributed by atoms with Gasteiger partial charge in [0.25, 0.3) is 0 Å². The second-order valence-electron chi connectivity index (χ2n) is 6.27. The summed E-state index contributed by atoms with van der Waals surface area (Å²) in [5, 5.41) is 6.52. The fraction of sp³-hybridized carbons (Fsp3) is 0.227. The molecule has 9 nitrogen and oxygen atoms in total. The number of hydrogen-bond donors (Lipinski definition) is 1. The van der Waals surface area contributed by atoms with Crippen LogP contribution in [0.3, 0.4) is 0 Å². The molecule has 3 rings (SSSR count). The number of hydrogen-bond acceptors (Lipinski definition) is 10. The third kappa shape index (κ3) is 6.88. The number of carbonyl (C=O) groups excluding carboxylic acids is 2. The van der Waals surface area contributed by atoms with Crippen molar-refractivity contribution >= 4 is 34.6 Å². The molecule has 32 heavy (non-hydrogen) atoms. The molecule has 166 valence electrons. The smallest absolute Gasteiger partial charge is 0.338 e. The standard InChI is InChI=1S/C22H22N4O5S/c1-3-29-20(27)12-17-14-32-22(25-17)26-24-13-15-5-7-18(8-6-15)31-19-11-16(9-10-23-19)21(28)30-4-2/h5-11,13-14H,3-4,12H2,1-2H3,(H,25,26). The number of carbonyl (C=O) groups is 2. The van der Waals surface area contributed by atoms with Crippen LogP contribution < -0.4 is 10.2 Å². The third-order valence-corrected chi connectivity index (χ3v) is 4.70. The maximum absolute atomic E-state index is 11.8. The molecule has 10 heteroatoms. The predicted molar refractivity (Wildman–Crippen MR) is 120 cm³/mol. The third-order valence-electron chi connectivity index (χ3n) is 3.90. The van der Waals surface area contributed by atoms with Gasteiger partial charge in [-0.15, -0.1) is 11.3 Å². The van der Waals surface area contributed by atoms with Crippen LogP contribution in [0.15, 0.2) is 53.1 Å². The van der Waals surface area contributed by atoms with E-state index in [-0.39, 0.29) is 12.4 Å². The summed E-state index contributed by atoms with van der Waals surface area (Å²) >= 11 is 1.35. The Bertz CT molecular complexity index is 1080. The summed E-state index contributed by atoms with van der Waals surface area (Å²) in [6, 6.07) is 10.3. The van der Waals surface area contributed by atoms with Crippen LogP contribution in [-0.4, -0.2) is 41.3 Å². The first-order valence-electron chi connectivity index (χ1n) is 9.87. The number of ether oxygens (including phenoxy) is 3. The minimum absolute atomic E-state index is 0.134. The molecule has 0 amide bonds. The molecule has 0 atom stereocenters. The molecule has 1 N–H and O–H groups in total. The zero-order chi connectivity index (χ0) is 22.8. The Labute approximate surface area is 189 Å².